The minimum Gasteiger partial charge on any atom is -0.353 e. The van der Waals surface area contributed by atoms with Crippen molar-refractivity contribution in [1.29, 1.82) is 0 Å². The molecule has 0 spiro atoms. The van der Waals surface area contributed by atoms with Crippen LogP contribution in [0.1, 0.15) is 11.1 Å². The van der Waals surface area contributed by atoms with Gasteiger partial charge in [0.1, 0.15) is 26.2 Å². The fraction of sp³-hybridized carbons (Fsp3) is 0.429. The van der Waals surface area contributed by atoms with Crippen LogP contribution in [0.3, 0.4) is 0 Å². The Bertz CT molecular complexity index is 816. The molecule has 0 amide bonds. The second kappa shape index (κ2) is 10.4. The Morgan fingerprint density at radius 2 is 0.629 bits per heavy atom. The Balaban J connectivity index is 2.15. The van der Waals surface area contributed by atoms with Gasteiger partial charge in [-0.3, -0.25) is 0 Å². The summed E-state index contributed by atoms with van der Waals surface area (Å²) in [7, 11) is 0. The third-order valence-electron chi connectivity index (χ3n) is 4.49. The lowest BCUT2D eigenvalue weighted by Crippen LogP contribution is -2.40. The maximum absolute atomic E-state index is 12.7. The molecule has 0 radical (unpaired) electrons. The van der Waals surface area contributed by atoms with Crippen LogP contribution in [0.4, 0.5) is 64.1 Å². The van der Waals surface area contributed by atoms with Crippen LogP contribution in [0.25, 0.3) is 0 Å². The minimum absolute atomic E-state index is 0.0810. The number of halogens is 12. The second-order valence-electron chi connectivity index (χ2n) is 7.68. The lowest BCUT2D eigenvalue weighted by atomic mass is 10.0. The SMILES string of the molecule is FC(F)(F)CN(CC(F)(F)F)c1ccc(Cc2ccc(N(CC(F)(F)F)CC(F)(F)F)cc2)cc1. The summed E-state index contributed by atoms with van der Waals surface area (Å²) in [5, 5.41) is 0. The van der Waals surface area contributed by atoms with E-state index in [1.807, 2.05) is 0 Å². The number of hydrogen-bond acceptors (Lipinski definition) is 2. The van der Waals surface area contributed by atoms with Crippen molar-refractivity contribution in [3.8, 4) is 0 Å². The molecule has 0 saturated carbocycles. The minimum atomic E-state index is -4.88. The zero-order valence-electron chi connectivity index (χ0n) is 17.6. The van der Waals surface area contributed by atoms with Gasteiger partial charge in [-0.25, -0.2) is 0 Å². The molecule has 0 atom stereocenters. The first-order valence-electron chi connectivity index (χ1n) is 9.74. The van der Waals surface area contributed by atoms with Gasteiger partial charge in [0.05, 0.1) is 0 Å². The molecule has 0 bridgehead atoms. The van der Waals surface area contributed by atoms with Gasteiger partial charge < -0.3 is 9.80 Å². The highest BCUT2D eigenvalue weighted by Crippen LogP contribution is 2.29. The van der Waals surface area contributed by atoms with Crippen LogP contribution in [-0.4, -0.2) is 50.9 Å². The molecule has 0 aromatic heterocycles. The molecule has 2 rings (SSSR count). The first-order chi connectivity index (χ1) is 15.8. The third-order valence-corrected chi connectivity index (χ3v) is 4.49. The van der Waals surface area contributed by atoms with E-state index in [-0.39, 0.29) is 27.6 Å². The molecule has 2 nitrogen and oxygen atoms in total. The zero-order chi connectivity index (χ0) is 26.7. The Hall–Kier alpha value is -2.80. The van der Waals surface area contributed by atoms with Gasteiger partial charge in [0.25, 0.3) is 0 Å². The van der Waals surface area contributed by atoms with E-state index in [1.165, 1.54) is 24.3 Å². The summed E-state index contributed by atoms with van der Waals surface area (Å²) < 4.78 is 152. The second-order valence-corrected chi connectivity index (χ2v) is 7.68. The van der Waals surface area contributed by atoms with E-state index < -0.39 is 50.9 Å². The summed E-state index contributed by atoms with van der Waals surface area (Å²) in [5.74, 6) is 0. The van der Waals surface area contributed by atoms with Crippen molar-refractivity contribution in [2.45, 2.75) is 31.1 Å². The van der Waals surface area contributed by atoms with Gasteiger partial charge in [-0.15, -0.1) is 0 Å². The van der Waals surface area contributed by atoms with Crippen LogP contribution in [0.2, 0.25) is 0 Å². The topological polar surface area (TPSA) is 6.48 Å². The highest BCUT2D eigenvalue weighted by Gasteiger charge is 2.38. The summed E-state index contributed by atoms with van der Waals surface area (Å²) in [4.78, 5) is 0.239. The molecule has 0 aliphatic heterocycles. The average Bonchev–Trinajstić information content (AvgIpc) is 2.64. The quantitative estimate of drug-likeness (QED) is 0.338. The van der Waals surface area contributed by atoms with E-state index in [9.17, 15) is 52.7 Å². The van der Waals surface area contributed by atoms with Gasteiger partial charge in [0.15, 0.2) is 0 Å². The number of rotatable bonds is 8. The average molecular weight is 526 g/mol. The van der Waals surface area contributed by atoms with Crippen LogP contribution >= 0.6 is 0 Å². The molecular formula is C21H18F12N2. The molecule has 196 valence electrons. The maximum atomic E-state index is 12.7. The molecule has 0 N–H and O–H groups in total. The predicted octanol–water partition coefficient (Wildman–Crippen LogP) is 7.14. The van der Waals surface area contributed by atoms with Gasteiger partial charge in [-0.05, 0) is 41.8 Å². The monoisotopic (exact) mass is 526 g/mol. The van der Waals surface area contributed by atoms with E-state index in [0.29, 0.717) is 11.1 Å². The molecule has 0 fully saturated rings. The summed E-state index contributed by atoms with van der Waals surface area (Å²) in [6.07, 6.45) is -19.4. The van der Waals surface area contributed by atoms with Gasteiger partial charge >= 0.3 is 24.7 Å². The molecule has 0 aliphatic carbocycles. The first kappa shape index (κ1) is 28.4. The number of anilines is 2. The smallest absolute Gasteiger partial charge is 0.353 e. The highest BCUT2D eigenvalue weighted by atomic mass is 19.4. The first-order valence-corrected chi connectivity index (χ1v) is 9.74. The van der Waals surface area contributed by atoms with Gasteiger partial charge in [-0.2, -0.15) is 52.7 Å². The molecule has 2 aromatic rings. The van der Waals surface area contributed by atoms with E-state index >= 15 is 0 Å². The van der Waals surface area contributed by atoms with Gasteiger partial charge in [0.2, 0.25) is 0 Å². The van der Waals surface area contributed by atoms with Crippen LogP contribution in [0, 0.1) is 0 Å². The fourth-order valence-corrected chi connectivity index (χ4v) is 3.23. The Morgan fingerprint density at radius 3 is 0.829 bits per heavy atom. The van der Waals surface area contributed by atoms with E-state index in [0.717, 1.165) is 24.3 Å². The molecule has 35 heavy (non-hydrogen) atoms. The van der Waals surface area contributed by atoms with Crippen molar-refractivity contribution in [1.82, 2.24) is 0 Å². The fourth-order valence-electron chi connectivity index (χ4n) is 3.23. The summed E-state index contributed by atoms with van der Waals surface area (Å²) >= 11 is 0. The summed E-state index contributed by atoms with van der Waals surface area (Å²) in [5.41, 5.74) is 0.244. The number of hydrogen-bond donors (Lipinski definition) is 0. The van der Waals surface area contributed by atoms with Gasteiger partial charge in [0, 0.05) is 11.4 Å². The van der Waals surface area contributed by atoms with Crippen LogP contribution in [-0.2, 0) is 6.42 Å². The van der Waals surface area contributed by atoms with Crippen molar-refractivity contribution in [3.63, 3.8) is 0 Å². The van der Waals surface area contributed by atoms with Crippen LogP contribution < -0.4 is 9.80 Å². The van der Waals surface area contributed by atoms with Crippen molar-refractivity contribution in [3.05, 3.63) is 59.7 Å². The largest absolute Gasteiger partial charge is 0.405 e. The van der Waals surface area contributed by atoms with Crippen LogP contribution in [0.5, 0.6) is 0 Å². The molecule has 0 unspecified atom stereocenters. The third kappa shape index (κ3) is 11.0. The standard InChI is InChI=1S/C21H18F12N2/c22-18(23,24)10-34(11-19(25,26)27)16-5-1-14(2-6-16)9-15-3-7-17(8-4-15)35(12-20(28,29)30)13-21(31,32)33/h1-8H,9-13H2. The summed E-state index contributed by atoms with van der Waals surface area (Å²) in [6, 6.07) is 9.38. The summed E-state index contributed by atoms with van der Waals surface area (Å²) in [6.45, 7) is -7.28. The highest BCUT2D eigenvalue weighted by molar-refractivity contribution is 5.51. The Labute approximate surface area is 191 Å². The van der Waals surface area contributed by atoms with E-state index in [2.05, 4.69) is 0 Å². The molecular weight excluding hydrogens is 508 g/mol. The number of benzene rings is 2. The van der Waals surface area contributed by atoms with Gasteiger partial charge in [-0.1, -0.05) is 24.3 Å². The Morgan fingerprint density at radius 1 is 0.400 bits per heavy atom. The van der Waals surface area contributed by atoms with Crippen molar-refractivity contribution in [2.24, 2.45) is 0 Å². The molecule has 14 heteroatoms. The maximum Gasteiger partial charge on any atom is 0.405 e. The number of alkyl halides is 12. The normalized spacial score (nSPS) is 13.1. The van der Waals surface area contributed by atoms with E-state index in [4.69, 9.17) is 0 Å². The van der Waals surface area contributed by atoms with Crippen LogP contribution in [0.15, 0.2) is 48.5 Å². The Kier molecular flexibility index (Phi) is 8.48. The van der Waals surface area contributed by atoms with Crippen molar-refractivity contribution < 1.29 is 52.7 Å². The lowest BCUT2D eigenvalue weighted by molar-refractivity contribution is -0.138. The van der Waals surface area contributed by atoms with E-state index in [1.54, 1.807) is 0 Å². The number of nitrogens with zero attached hydrogens (tertiary/aromatic N) is 2. The molecule has 0 heterocycles. The van der Waals surface area contributed by atoms with Crippen molar-refractivity contribution in [2.75, 3.05) is 36.0 Å². The lowest BCUT2D eigenvalue weighted by Gasteiger charge is -2.27. The predicted molar refractivity (Wildman–Crippen MR) is 104 cm³/mol. The molecule has 2 aromatic carbocycles. The zero-order valence-corrected chi connectivity index (χ0v) is 17.6. The molecule has 0 aliphatic rings. The van der Waals surface area contributed by atoms with Crippen molar-refractivity contribution >= 4 is 11.4 Å². The molecule has 0 saturated heterocycles.